The van der Waals surface area contributed by atoms with Gasteiger partial charge in [0.2, 0.25) is 10.0 Å². The minimum absolute atomic E-state index is 0.115. The smallest absolute Gasteiger partial charge is 0.211 e. The number of piperidine rings is 1. The Kier molecular flexibility index (Phi) is 6.63. The fourth-order valence-electron chi connectivity index (χ4n) is 2.35. The molecule has 0 amide bonds. The molecule has 5 nitrogen and oxygen atoms in total. The highest BCUT2D eigenvalue weighted by molar-refractivity contribution is 7.89. The predicted molar refractivity (Wildman–Crippen MR) is 83.8 cm³/mol. The molecule has 1 heterocycles. The Labute approximate surface area is 127 Å². The second-order valence-corrected chi connectivity index (χ2v) is 7.20. The van der Waals surface area contributed by atoms with Crippen LogP contribution in [0.2, 0.25) is 0 Å². The standard InChI is InChI=1S/C15H24N2O3S/c18-21(19,13-8-14-4-2-1-3-5-14)17-11-12-20-15-6-9-16-10-7-15/h1-5,15-17H,6-13H2. The number of ether oxygens (including phenoxy) is 1. The lowest BCUT2D eigenvalue weighted by Crippen LogP contribution is -2.35. The molecule has 1 aliphatic heterocycles. The average molecular weight is 312 g/mol. The van der Waals surface area contributed by atoms with E-state index in [0.29, 0.717) is 19.6 Å². The van der Waals surface area contributed by atoms with Crippen LogP contribution in [0.15, 0.2) is 30.3 Å². The zero-order valence-corrected chi connectivity index (χ0v) is 13.1. The van der Waals surface area contributed by atoms with Crippen molar-refractivity contribution in [3.8, 4) is 0 Å². The average Bonchev–Trinajstić information content (AvgIpc) is 2.52. The van der Waals surface area contributed by atoms with Crippen LogP contribution in [0.5, 0.6) is 0 Å². The Morgan fingerprint density at radius 1 is 1.19 bits per heavy atom. The van der Waals surface area contributed by atoms with Gasteiger partial charge in [0.05, 0.1) is 18.5 Å². The third kappa shape index (κ3) is 6.56. The van der Waals surface area contributed by atoms with Crippen molar-refractivity contribution >= 4 is 10.0 Å². The van der Waals surface area contributed by atoms with E-state index >= 15 is 0 Å². The molecule has 0 radical (unpaired) electrons. The number of hydrogen-bond donors (Lipinski definition) is 2. The number of hydrogen-bond acceptors (Lipinski definition) is 4. The maximum absolute atomic E-state index is 11.9. The Balaban J connectivity index is 1.62. The summed E-state index contributed by atoms with van der Waals surface area (Å²) in [6, 6.07) is 9.64. The molecule has 1 fully saturated rings. The quantitative estimate of drug-likeness (QED) is 0.701. The lowest BCUT2D eigenvalue weighted by molar-refractivity contribution is 0.0367. The normalized spacial score (nSPS) is 17.0. The molecule has 0 aliphatic carbocycles. The van der Waals surface area contributed by atoms with Gasteiger partial charge in [0.15, 0.2) is 0 Å². The van der Waals surface area contributed by atoms with Crippen LogP contribution in [0.4, 0.5) is 0 Å². The minimum Gasteiger partial charge on any atom is -0.377 e. The van der Waals surface area contributed by atoms with Gasteiger partial charge in [0.25, 0.3) is 0 Å². The number of benzene rings is 1. The Bertz CT molecular complexity index is 499. The molecule has 1 aromatic rings. The summed E-state index contributed by atoms with van der Waals surface area (Å²) in [5.41, 5.74) is 1.04. The molecule has 1 saturated heterocycles. The van der Waals surface area contributed by atoms with Crippen LogP contribution in [-0.2, 0) is 21.2 Å². The largest absolute Gasteiger partial charge is 0.377 e. The number of sulfonamides is 1. The summed E-state index contributed by atoms with van der Waals surface area (Å²) >= 11 is 0. The van der Waals surface area contributed by atoms with Crippen molar-refractivity contribution in [1.29, 1.82) is 0 Å². The maximum atomic E-state index is 11.9. The Hall–Kier alpha value is -0.950. The molecule has 0 unspecified atom stereocenters. The molecule has 21 heavy (non-hydrogen) atoms. The molecule has 2 rings (SSSR count). The van der Waals surface area contributed by atoms with Crippen LogP contribution in [0.25, 0.3) is 0 Å². The molecule has 0 atom stereocenters. The van der Waals surface area contributed by atoms with Gasteiger partial charge in [-0.3, -0.25) is 0 Å². The van der Waals surface area contributed by atoms with E-state index < -0.39 is 10.0 Å². The van der Waals surface area contributed by atoms with Crippen LogP contribution >= 0.6 is 0 Å². The first kappa shape index (κ1) is 16.4. The van der Waals surface area contributed by atoms with Crippen molar-refractivity contribution in [1.82, 2.24) is 10.0 Å². The molecule has 0 aromatic heterocycles. The summed E-state index contributed by atoms with van der Waals surface area (Å²) in [4.78, 5) is 0. The van der Waals surface area contributed by atoms with Gasteiger partial charge in [0.1, 0.15) is 0 Å². The van der Waals surface area contributed by atoms with Crippen molar-refractivity contribution in [2.24, 2.45) is 0 Å². The lowest BCUT2D eigenvalue weighted by atomic mass is 10.1. The monoisotopic (exact) mass is 312 g/mol. The van der Waals surface area contributed by atoms with Crippen molar-refractivity contribution in [3.63, 3.8) is 0 Å². The number of nitrogens with one attached hydrogen (secondary N) is 2. The van der Waals surface area contributed by atoms with E-state index in [2.05, 4.69) is 10.0 Å². The molecule has 0 spiro atoms. The molecule has 0 bridgehead atoms. The van der Waals surface area contributed by atoms with Crippen LogP contribution in [0.3, 0.4) is 0 Å². The third-order valence-corrected chi connectivity index (χ3v) is 4.95. The van der Waals surface area contributed by atoms with E-state index in [1.165, 1.54) is 0 Å². The van der Waals surface area contributed by atoms with Crippen LogP contribution in [0.1, 0.15) is 18.4 Å². The first-order chi connectivity index (χ1) is 10.2. The molecular weight excluding hydrogens is 288 g/mol. The zero-order chi connectivity index (χ0) is 15.0. The highest BCUT2D eigenvalue weighted by Gasteiger charge is 2.14. The molecule has 0 saturated carbocycles. The van der Waals surface area contributed by atoms with Crippen LogP contribution < -0.4 is 10.0 Å². The third-order valence-electron chi connectivity index (χ3n) is 3.57. The Morgan fingerprint density at radius 3 is 2.62 bits per heavy atom. The summed E-state index contributed by atoms with van der Waals surface area (Å²) < 4.78 is 32.0. The minimum atomic E-state index is -3.23. The summed E-state index contributed by atoms with van der Waals surface area (Å²) in [5, 5.41) is 3.27. The van der Waals surface area contributed by atoms with Gasteiger partial charge >= 0.3 is 0 Å². The van der Waals surface area contributed by atoms with E-state index in [9.17, 15) is 8.42 Å². The first-order valence-corrected chi connectivity index (χ1v) is 9.14. The summed E-state index contributed by atoms with van der Waals surface area (Å²) in [6.07, 6.45) is 2.80. The summed E-state index contributed by atoms with van der Waals surface area (Å²) in [6.45, 7) is 2.75. The highest BCUT2D eigenvalue weighted by atomic mass is 32.2. The zero-order valence-electron chi connectivity index (χ0n) is 12.3. The van der Waals surface area contributed by atoms with Crippen molar-refractivity contribution in [2.45, 2.75) is 25.4 Å². The van der Waals surface area contributed by atoms with Crippen molar-refractivity contribution in [3.05, 3.63) is 35.9 Å². The lowest BCUT2D eigenvalue weighted by Gasteiger charge is -2.22. The van der Waals surface area contributed by atoms with Crippen LogP contribution in [-0.4, -0.2) is 46.5 Å². The molecule has 1 aliphatic rings. The first-order valence-electron chi connectivity index (χ1n) is 7.49. The van der Waals surface area contributed by atoms with Crippen LogP contribution in [0, 0.1) is 0 Å². The van der Waals surface area contributed by atoms with Gasteiger partial charge in [-0.05, 0) is 37.9 Å². The number of aryl methyl sites for hydroxylation is 1. The van der Waals surface area contributed by atoms with Gasteiger partial charge < -0.3 is 10.1 Å². The van der Waals surface area contributed by atoms with E-state index in [-0.39, 0.29) is 11.9 Å². The van der Waals surface area contributed by atoms with Gasteiger partial charge in [-0.1, -0.05) is 30.3 Å². The predicted octanol–water partition coefficient (Wildman–Crippen LogP) is 0.917. The van der Waals surface area contributed by atoms with E-state index in [1.807, 2.05) is 30.3 Å². The fraction of sp³-hybridized carbons (Fsp3) is 0.600. The maximum Gasteiger partial charge on any atom is 0.211 e. The van der Waals surface area contributed by atoms with Crippen molar-refractivity contribution < 1.29 is 13.2 Å². The Morgan fingerprint density at radius 2 is 1.90 bits per heavy atom. The van der Waals surface area contributed by atoms with Gasteiger partial charge in [-0.2, -0.15) is 0 Å². The van der Waals surface area contributed by atoms with E-state index in [4.69, 9.17) is 4.74 Å². The SMILES string of the molecule is O=S(=O)(CCc1ccccc1)NCCOC1CCNCC1. The van der Waals surface area contributed by atoms with Gasteiger partial charge in [-0.15, -0.1) is 0 Å². The number of rotatable bonds is 8. The molecule has 6 heteroatoms. The van der Waals surface area contributed by atoms with E-state index in [0.717, 1.165) is 31.5 Å². The van der Waals surface area contributed by atoms with Gasteiger partial charge in [-0.25, -0.2) is 13.1 Å². The van der Waals surface area contributed by atoms with Gasteiger partial charge in [0, 0.05) is 6.54 Å². The van der Waals surface area contributed by atoms with E-state index in [1.54, 1.807) is 0 Å². The fourth-order valence-corrected chi connectivity index (χ4v) is 3.40. The molecule has 1 aromatic carbocycles. The topological polar surface area (TPSA) is 67.4 Å². The van der Waals surface area contributed by atoms with Crippen molar-refractivity contribution in [2.75, 3.05) is 32.0 Å². The molecule has 2 N–H and O–H groups in total. The summed E-state index contributed by atoms with van der Waals surface area (Å²) in [5.74, 6) is 0.115. The highest BCUT2D eigenvalue weighted by Crippen LogP contribution is 2.06. The second kappa shape index (κ2) is 8.48. The molecule has 118 valence electrons. The second-order valence-electron chi connectivity index (χ2n) is 5.27. The molecular formula is C15H24N2O3S. The summed E-state index contributed by atoms with van der Waals surface area (Å²) in [7, 11) is -3.23.